The molecule has 194 valence electrons. The highest BCUT2D eigenvalue weighted by atomic mass is 16.4. The molecule has 6 rings (SSSR count). The van der Waals surface area contributed by atoms with E-state index in [2.05, 4.69) is 40.3 Å². The van der Waals surface area contributed by atoms with Crippen molar-refractivity contribution in [3.8, 4) is 11.5 Å². The van der Waals surface area contributed by atoms with E-state index in [0.717, 1.165) is 68.1 Å². The fraction of sp³-hybridized carbons (Fsp3) is 0.656. The van der Waals surface area contributed by atoms with Crippen LogP contribution in [-0.2, 0) is 10.2 Å². The van der Waals surface area contributed by atoms with Crippen molar-refractivity contribution < 1.29 is 20.1 Å². The maximum Gasteiger partial charge on any atom is 0.309 e. The van der Waals surface area contributed by atoms with Crippen LogP contribution in [0.2, 0.25) is 0 Å². The van der Waals surface area contributed by atoms with E-state index >= 15 is 0 Å². The SMILES string of the molecule is C=CCC1C=C2C(C)(CCC3(C)C4CC5(C(=O)O)CC5CC4(C)CCC23C)c2cc(O)c(O)c(C)c21. The molecule has 0 heterocycles. The van der Waals surface area contributed by atoms with Gasteiger partial charge in [0.25, 0.3) is 0 Å². The van der Waals surface area contributed by atoms with Crippen LogP contribution in [0.25, 0.3) is 0 Å². The number of phenolic OH excluding ortho intramolecular Hbond substituents is 2. The zero-order valence-corrected chi connectivity index (χ0v) is 22.6. The van der Waals surface area contributed by atoms with Crippen LogP contribution in [0, 0.1) is 40.4 Å². The second-order valence-electron chi connectivity index (χ2n) is 14.1. The molecule has 0 amide bonds. The molecular weight excluding hydrogens is 448 g/mol. The van der Waals surface area contributed by atoms with Crippen molar-refractivity contribution in [2.45, 2.75) is 97.3 Å². The molecule has 36 heavy (non-hydrogen) atoms. The van der Waals surface area contributed by atoms with E-state index in [-0.39, 0.29) is 39.1 Å². The Hall–Kier alpha value is -2.23. The number of hydrogen-bond donors (Lipinski definition) is 3. The van der Waals surface area contributed by atoms with Crippen molar-refractivity contribution >= 4 is 5.97 Å². The summed E-state index contributed by atoms with van der Waals surface area (Å²) in [4.78, 5) is 12.4. The number of carbonyl (C=O) groups is 1. The van der Waals surface area contributed by atoms with E-state index in [1.807, 2.05) is 19.1 Å². The number of allylic oxidation sites excluding steroid dienone is 3. The third-order valence-corrected chi connectivity index (χ3v) is 12.7. The van der Waals surface area contributed by atoms with E-state index < -0.39 is 11.4 Å². The van der Waals surface area contributed by atoms with Crippen LogP contribution in [-0.4, -0.2) is 21.3 Å². The Morgan fingerprint density at radius 2 is 1.81 bits per heavy atom. The lowest BCUT2D eigenvalue weighted by molar-refractivity contribution is -0.165. The summed E-state index contributed by atoms with van der Waals surface area (Å²) >= 11 is 0. The smallest absolute Gasteiger partial charge is 0.309 e. The number of rotatable bonds is 3. The number of carboxylic acid groups (broad SMARTS) is 1. The number of carboxylic acids is 1. The number of aromatic hydroxyl groups is 2. The molecule has 3 N–H and O–H groups in total. The largest absolute Gasteiger partial charge is 0.504 e. The quantitative estimate of drug-likeness (QED) is 0.305. The second-order valence-corrected chi connectivity index (χ2v) is 14.1. The monoisotopic (exact) mass is 490 g/mol. The summed E-state index contributed by atoms with van der Waals surface area (Å²) in [5.74, 6) is 0.241. The molecule has 8 unspecified atom stereocenters. The molecule has 0 radical (unpaired) electrons. The van der Waals surface area contributed by atoms with E-state index in [1.54, 1.807) is 0 Å². The number of fused-ring (bicyclic) bond motifs is 8. The first-order chi connectivity index (χ1) is 16.8. The molecule has 5 aliphatic rings. The Morgan fingerprint density at radius 3 is 2.47 bits per heavy atom. The summed E-state index contributed by atoms with van der Waals surface area (Å²) in [6.07, 6.45) is 12.2. The Balaban J connectivity index is 1.52. The number of aliphatic carboxylic acids is 1. The first-order valence-corrected chi connectivity index (χ1v) is 13.9. The minimum Gasteiger partial charge on any atom is -0.504 e. The van der Waals surface area contributed by atoms with E-state index in [1.165, 1.54) is 5.57 Å². The molecule has 1 aromatic rings. The lowest BCUT2D eigenvalue weighted by atomic mass is 9.35. The Kier molecular flexibility index (Phi) is 4.69. The van der Waals surface area contributed by atoms with Gasteiger partial charge in [0.15, 0.2) is 11.5 Å². The standard InChI is InChI=1S/C32H42O4/c1-7-8-19-13-23-29(4,21-14-22(33)26(34)18(2)25(19)21)10-12-31(6)24-17-32(27(35)36)16-20(32)15-28(24,3)9-11-30(23,31)5/h7,13-14,19-20,24,33-34H,1,8-12,15-17H2,2-6H3,(H,35,36). The molecule has 4 fully saturated rings. The molecule has 0 saturated heterocycles. The second kappa shape index (κ2) is 6.99. The average molecular weight is 491 g/mol. The maximum absolute atomic E-state index is 12.4. The van der Waals surface area contributed by atoms with Gasteiger partial charge in [-0.2, -0.15) is 0 Å². The Labute approximate surface area is 215 Å². The molecule has 0 aromatic heterocycles. The van der Waals surface area contributed by atoms with Crippen molar-refractivity contribution in [2.75, 3.05) is 0 Å². The van der Waals surface area contributed by atoms with E-state index in [0.29, 0.717) is 11.8 Å². The maximum atomic E-state index is 12.4. The molecular formula is C32H42O4. The zero-order chi connectivity index (χ0) is 26.1. The van der Waals surface area contributed by atoms with Crippen molar-refractivity contribution in [3.63, 3.8) is 0 Å². The zero-order valence-electron chi connectivity index (χ0n) is 22.6. The van der Waals surface area contributed by atoms with Crippen LogP contribution >= 0.6 is 0 Å². The molecule has 4 saturated carbocycles. The van der Waals surface area contributed by atoms with Crippen LogP contribution in [0.1, 0.15) is 102 Å². The van der Waals surface area contributed by atoms with Gasteiger partial charge >= 0.3 is 5.97 Å². The highest BCUT2D eigenvalue weighted by Gasteiger charge is 2.73. The molecule has 0 bridgehead atoms. The summed E-state index contributed by atoms with van der Waals surface area (Å²) in [5.41, 5.74) is 4.01. The molecule has 1 aromatic carbocycles. The summed E-state index contributed by atoms with van der Waals surface area (Å²) in [6.45, 7) is 15.7. The lowest BCUT2D eigenvalue weighted by Crippen LogP contribution is -2.62. The number of phenols is 2. The number of benzene rings is 1. The van der Waals surface area contributed by atoms with Gasteiger partial charge in [-0.05, 0) is 109 Å². The Bertz CT molecular complexity index is 1230. The van der Waals surface area contributed by atoms with Gasteiger partial charge in [-0.25, -0.2) is 0 Å². The van der Waals surface area contributed by atoms with Crippen LogP contribution in [0.3, 0.4) is 0 Å². The predicted molar refractivity (Wildman–Crippen MR) is 141 cm³/mol. The van der Waals surface area contributed by atoms with Gasteiger partial charge in [0.1, 0.15) is 0 Å². The van der Waals surface area contributed by atoms with Gasteiger partial charge in [-0.3, -0.25) is 4.79 Å². The Morgan fingerprint density at radius 1 is 1.08 bits per heavy atom. The van der Waals surface area contributed by atoms with Crippen molar-refractivity contribution in [1.82, 2.24) is 0 Å². The molecule has 4 heteroatoms. The fourth-order valence-corrected chi connectivity index (χ4v) is 10.2. The first-order valence-electron chi connectivity index (χ1n) is 13.9. The lowest BCUT2D eigenvalue weighted by Gasteiger charge is -2.69. The first kappa shape index (κ1) is 24.1. The van der Waals surface area contributed by atoms with Crippen molar-refractivity contribution in [2.24, 2.45) is 33.5 Å². The van der Waals surface area contributed by atoms with Gasteiger partial charge < -0.3 is 15.3 Å². The van der Waals surface area contributed by atoms with Gasteiger partial charge in [-0.15, -0.1) is 6.58 Å². The van der Waals surface area contributed by atoms with Crippen molar-refractivity contribution in [3.05, 3.63) is 47.1 Å². The van der Waals surface area contributed by atoms with Gasteiger partial charge in [0, 0.05) is 11.3 Å². The molecule has 4 nitrogen and oxygen atoms in total. The summed E-state index contributed by atoms with van der Waals surface area (Å²) in [7, 11) is 0. The average Bonchev–Trinajstić information content (AvgIpc) is 3.54. The summed E-state index contributed by atoms with van der Waals surface area (Å²) < 4.78 is 0. The third kappa shape index (κ3) is 2.64. The highest BCUT2D eigenvalue weighted by molar-refractivity contribution is 5.79. The highest BCUT2D eigenvalue weighted by Crippen LogP contribution is 2.79. The minimum absolute atomic E-state index is 0.0104. The molecule has 0 aliphatic heterocycles. The van der Waals surface area contributed by atoms with Crippen LogP contribution in [0.4, 0.5) is 0 Å². The van der Waals surface area contributed by atoms with Gasteiger partial charge in [-0.1, -0.05) is 45.4 Å². The molecule has 8 atom stereocenters. The fourth-order valence-electron chi connectivity index (χ4n) is 10.2. The van der Waals surface area contributed by atoms with E-state index in [9.17, 15) is 20.1 Å². The summed E-state index contributed by atoms with van der Waals surface area (Å²) in [5, 5.41) is 31.5. The topological polar surface area (TPSA) is 77.8 Å². The molecule has 0 spiro atoms. The van der Waals surface area contributed by atoms with Gasteiger partial charge in [0.05, 0.1) is 5.41 Å². The van der Waals surface area contributed by atoms with Crippen LogP contribution in [0.5, 0.6) is 11.5 Å². The minimum atomic E-state index is -0.575. The number of hydrogen-bond acceptors (Lipinski definition) is 3. The van der Waals surface area contributed by atoms with Crippen LogP contribution in [0.15, 0.2) is 30.4 Å². The predicted octanol–water partition coefficient (Wildman–Crippen LogP) is 7.37. The molecule has 5 aliphatic carbocycles. The third-order valence-electron chi connectivity index (χ3n) is 12.7. The van der Waals surface area contributed by atoms with E-state index in [4.69, 9.17) is 0 Å². The van der Waals surface area contributed by atoms with Gasteiger partial charge in [0.2, 0.25) is 0 Å². The van der Waals surface area contributed by atoms with Crippen LogP contribution < -0.4 is 0 Å². The van der Waals surface area contributed by atoms with Crippen molar-refractivity contribution in [1.29, 1.82) is 0 Å². The summed E-state index contributed by atoms with van der Waals surface area (Å²) in [6, 6.07) is 1.83. The normalized spacial score (nSPS) is 46.2.